The van der Waals surface area contributed by atoms with Crippen molar-refractivity contribution >= 4 is 23.2 Å². The molecular formula is C25H27Cl2NO3. The number of hydrogen-bond donors (Lipinski definition) is 0. The molecule has 4 nitrogen and oxygen atoms in total. The molecule has 0 aliphatic rings. The van der Waals surface area contributed by atoms with Crippen LogP contribution in [0.3, 0.4) is 0 Å². The van der Waals surface area contributed by atoms with Crippen LogP contribution in [0, 0.1) is 0 Å². The van der Waals surface area contributed by atoms with Crippen molar-refractivity contribution < 1.29 is 14.2 Å². The molecule has 0 unspecified atom stereocenters. The van der Waals surface area contributed by atoms with Crippen LogP contribution in [0.4, 0.5) is 0 Å². The molecule has 0 radical (unpaired) electrons. The number of halogens is 2. The largest absolute Gasteiger partial charge is 0.374 e. The van der Waals surface area contributed by atoms with E-state index in [0.717, 1.165) is 28.7 Å². The average Bonchev–Trinajstić information content (AvgIpc) is 2.79. The van der Waals surface area contributed by atoms with E-state index in [9.17, 15) is 0 Å². The van der Waals surface area contributed by atoms with Gasteiger partial charge in [-0.3, -0.25) is 0 Å². The Bertz CT molecular complexity index is 877. The average molecular weight is 460 g/mol. The number of rotatable bonds is 12. The second-order valence-electron chi connectivity index (χ2n) is 7.18. The van der Waals surface area contributed by atoms with E-state index >= 15 is 0 Å². The van der Waals surface area contributed by atoms with Crippen molar-refractivity contribution in [2.45, 2.75) is 39.3 Å². The van der Waals surface area contributed by atoms with Crippen LogP contribution >= 0.6 is 23.2 Å². The molecule has 0 spiro atoms. The molecule has 3 aromatic rings. The molecule has 164 valence electrons. The first-order chi connectivity index (χ1) is 15.2. The van der Waals surface area contributed by atoms with Crippen LogP contribution in [0.25, 0.3) is 0 Å². The van der Waals surface area contributed by atoms with Gasteiger partial charge in [-0.05, 0) is 29.2 Å². The van der Waals surface area contributed by atoms with Crippen molar-refractivity contribution in [2.75, 3.05) is 13.2 Å². The molecule has 2 aromatic carbocycles. The highest BCUT2D eigenvalue weighted by Gasteiger charge is 2.14. The Kier molecular flexibility index (Phi) is 9.79. The second kappa shape index (κ2) is 12.8. The zero-order chi connectivity index (χ0) is 21.9. The van der Waals surface area contributed by atoms with E-state index in [1.165, 1.54) is 0 Å². The minimum absolute atomic E-state index is 0.246. The summed E-state index contributed by atoms with van der Waals surface area (Å²) in [6, 6.07) is 22.0. The monoisotopic (exact) mass is 459 g/mol. The molecule has 31 heavy (non-hydrogen) atoms. The van der Waals surface area contributed by atoms with Crippen LogP contribution < -0.4 is 0 Å². The van der Waals surface area contributed by atoms with Gasteiger partial charge in [-0.25, -0.2) is 4.98 Å². The first-order valence-corrected chi connectivity index (χ1v) is 11.1. The maximum absolute atomic E-state index is 6.27. The Hall–Kier alpha value is -1.95. The minimum atomic E-state index is -0.246. The minimum Gasteiger partial charge on any atom is -0.374 e. The van der Waals surface area contributed by atoms with E-state index in [-0.39, 0.29) is 6.10 Å². The summed E-state index contributed by atoms with van der Waals surface area (Å²) in [4.78, 5) is 4.21. The fraction of sp³-hybridized carbons (Fsp3) is 0.320. The molecule has 0 aliphatic carbocycles. The normalized spacial score (nSPS) is 11.2. The highest BCUT2D eigenvalue weighted by Crippen LogP contribution is 2.23. The Morgan fingerprint density at radius 2 is 1.26 bits per heavy atom. The van der Waals surface area contributed by atoms with E-state index in [2.05, 4.69) is 4.98 Å². The molecule has 3 rings (SSSR count). The first kappa shape index (κ1) is 23.7. The number of pyridine rings is 1. The van der Waals surface area contributed by atoms with E-state index in [4.69, 9.17) is 37.4 Å². The highest BCUT2D eigenvalue weighted by atomic mass is 35.5. The van der Waals surface area contributed by atoms with Gasteiger partial charge in [0, 0.05) is 5.56 Å². The van der Waals surface area contributed by atoms with E-state index in [0.29, 0.717) is 43.3 Å². The third-order valence-corrected chi connectivity index (χ3v) is 5.42. The summed E-state index contributed by atoms with van der Waals surface area (Å²) >= 11 is 12.4. The topological polar surface area (TPSA) is 40.6 Å². The highest BCUT2D eigenvalue weighted by molar-refractivity contribution is 6.33. The summed E-state index contributed by atoms with van der Waals surface area (Å²) in [5, 5.41) is 0.793. The standard InChI is InChI=1S/C25H27Cl2NO3/c1-2-21-13-22(25(27)28-24(21)26)16-31-23(17-29-14-19-9-5-3-6-10-19)18-30-15-20-11-7-4-8-12-20/h3-13,23H,2,14-18H2,1H3. The van der Waals surface area contributed by atoms with Crippen molar-refractivity contribution in [1.29, 1.82) is 0 Å². The first-order valence-electron chi connectivity index (χ1n) is 10.3. The molecule has 0 saturated heterocycles. The zero-order valence-corrected chi connectivity index (χ0v) is 19.1. The summed E-state index contributed by atoms with van der Waals surface area (Å²) in [7, 11) is 0. The van der Waals surface area contributed by atoms with Crippen LogP contribution in [-0.2, 0) is 40.5 Å². The number of hydrogen-bond acceptors (Lipinski definition) is 4. The van der Waals surface area contributed by atoms with Gasteiger partial charge in [-0.15, -0.1) is 0 Å². The predicted octanol–water partition coefficient (Wildman–Crippen LogP) is 6.27. The van der Waals surface area contributed by atoms with Crippen LogP contribution in [-0.4, -0.2) is 24.3 Å². The molecule has 1 heterocycles. The van der Waals surface area contributed by atoms with Crippen LogP contribution in [0.2, 0.25) is 10.3 Å². The lowest BCUT2D eigenvalue weighted by Crippen LogP contribution is -2.26. The lowest BCUT2D eigenvalue weighted by atomic mass is 10.2. The van der Waals surface area contributed by atoms with Gasteiger partial charge in [0.1, 0.15) is 16.4 Å². The van der Waals surface area contributed by atoms with Gasteiger partial charge >= 0.3 is 0 Å². The number of aromatic nitrogens is 1. The predicted molar refractivity (Wildman–Crippen MR) is 124 cm³/mol. The summed E-state index contributed by atoms with van der Waals surface area (Å²) in [5.74, 6) is 0. The van der Waals surface area contributed by atoms with E-state index in [1.807, 2.05) is 73.7 Å². The van der Waals surface area contributed by atoms with Gasteiger partial charge < -0.3 is 14.2 Å². The van der Waals surface area contributed by atoms with Gasteiger partial charge in [-0.2, -0.15) is 0 Å². The van der Waals surface area contributed by atoms with Gasteiger partial charge in [-0.1, -0.05) is 90.8 Å². The van der Waals surface area contributed by atoms with Gasteiger partial charge in [0.15, 0.2) is 0 Å². The Labute approximate surface area is 194 Å². The van der Waals surface area contributed by atoms with E-state index in [1.54, 1.807) is 0 Å². The second-order valence-corrected chi connectivity index (χ2v) is 7.89. The third-order valence-electron chi connectivity index (χ3n) is 4.76. The van der Waals surface area contributed by atoms with Crippen molar-refractivity contribution in [3.05, 3.63) is 99.3 Å². The molecule has 0 atom stereocenters. The van der Waals surface area contributed by atoms with Crippen LogP contribution in [0.5, 0.6) is 0 Å². The van der Waals surface area contributed by atoms with Gasteiger partial charge in [0.05, 0.1) is 33.0 Å². The molecule has 0 N–H and O–H groups in total. The SMILES string of the molecule is CCc1cc(COC(COCc2ccccc2)COCc2ccccc2)c(Cl)nc1Cl. The summed E-state index contributed by atoms with van der Waals surface area (Å²) in [6.07, 6.45) is 0.532. The van der Waals surface area contributed by atoms with Crippen molar-refractivity contribution in [2.24, 2.45) is 0 Å². The fourth-order valence-electron chi connectivity index (χ4n) is 3.03. The lowest BCUT2D eigenvalue weighted by Gasteiger charge is -2.19. The van der Waals surface area contributed by atoms with Crippen molar-refractivity contribution in [1.82, 2.24) is 4.98 Å². The van der Waals surface area contributed by atoms with E-state index < -0.39 is 0 Å². The molecule has 0 aliphatic heterocycles. The van der Waals surface area contributed by atoms with Gasteiger partial charge in [0.2, 0.25) is 0 Å². The fourth-order valence-corrected chi connectivity index (χ4v) is 3.53. The molecule has 0 bridgehead atoms. The van der Waals surface area contributed by atoms with Crippen LogP contribution in [0.15, 0.2) is 66.7 Å². The quantitative estimate of drug-likeness (QED) is 0.299. The number of benzene rings is 2. The van der Waals surface area contributed by atoms with Gasteiger partial charge in [0.25, 0.3) is 0 Å². The molecule has 0 amide bonds. The van der Waals surface area contributed by atoms with Crippen LogP contribution in [0.1, 0.15) is 29.2 Å². The zero-order valence-electron chi connectivity index (χ0n) is 17.6. The number of aryl methyl sites for hydroxylation is 1. The Balaban J connectivity index is 1.57. The molecule has 1 aromatic heterocycles. The smallest absolute Gasteiger partial charge is 0.136 e. The molecule has 0 fully saturated rings. The third kappa shape index (κ3) is 7.91. The molecule has 0 saturated carbocycles. The van der Waals surface area contributed by atoms with Crippen molar-refractivity contribution in [3.63, 3.8) is 0 Å². The Morgan fingerprint density at radius 3 is 1.77 bits per heavy atom. The maximum Gasteiger partial charge on any atom is 0.136 e. The summed E-state index contributed by atoms with van der Waals surface area (Å²) < 4.78 is 17.9. The summed E-state index contributed by atoms with van der Waals surface area (Å²) in [5.41, 5.74) is 3.98. The molecular weight excluding hydrogens is 433 g/mol. The summed E-state index contributed by atoms with van der Waals surface area (Å²) in [6.45, 7) is 4.18. The lowest BCUT2D eigenvalue weighted by molar-refractivity contribution is -0.0730. The Morgan fingerprint density at radius 1 is 0.742 bits per heavy atom. The number of nitrogens with zero attached hydrogens (tertiary/aromatic N) is 1. The molecule has 6 heteroatoms. The number of ether oxygens (including phenoxy) is 3. The van der Waals surface area contributed by atoms with Crippen molar-refractivity contribution in [3.8, 4) is 0 Å². The maximum atomic E-state index is 6.27.